The fraction of sp³-hybridized carbons (Fsp3) is 0.455. The zero-order valence-corrected chi connectivity index (χ0v) is 32.6. The Labute approximate surface area is 337 Å². The molecule has 4 atom stereocenters. The first-order chi connectivity index (χ1) is 27.6. The number of nitrogens with one attached hydrogen (secondary N) is 2. The Morgan fingerprint density at radius 2 is 1.54 bits per heavy atom. The van der Waals surface area contributed by atoms with Crippen LogP contribution in [-0.4, -0.2) is 83.6 Å². The van der Waals surface area contributed by atoms with Gasteiger partial charge in [-0.2, -0.15) is 0 Å². The Hall–Kier alpha value is -5.25. The summed E-state index contributed by atoms with van der Waals surface area (Å²) in [5, 5.41) is 6.09. The maximum absolute atomic E-state index is 13.4. The van der Waals surface area contributed by atoms with Crippen LogP contribution in [0, 0.1) is 18.4 Å². The Morgan fingerprint density at radius 1 is 0.842 bits per heavy atom. The number of imide groups is 2. The molecule has 0 spiro atoms. The molecule has 9 rings (SSSR count). The molecule has 1 unspecified atom stereocenters. The maximum Gasteiger partial charge on any atom is 0.262 e. The van der Waals surface area contributed by atoms with Gasteiger partial charge in [-0.05, 0) is 123 Å². The molecule has 2 N–H and O–H groups in total. The molecule has 13 heteroatoms. The fourth-order valence-electron chi connectivity index (χ4n) is 10.3. The van der Waals surface area contributed by atoms with Gasteiger partial charge in [0.1, 0.15) is 6.04 Å². The van der Waals surface area contributed by atoms with Crippen LogP contribution in [0.2, 0.25) is 5.02 Å². The van der Waals surface area contributed by atoms with Gasteiger partial charge in [0.2, 0.25) is 17.5 Å². The second kappa shape index (κ2) is 15.3. The molecule has 12 nitrogen and oxygen atoms in total. The van der Waals surface area contributed by atoms with Gasteiger partial charge in [0.25, 0.3) is 17.7 Å². The van der Waals surface area contributed by atoms with Crippen LogP contribution < -0.4 is 20.4 Å². The van der Waals surface area contributed by atoms with Crippen molar-refractivity contribution in [2.75, 3.05) is 36.0 Å². The lowest BCUT2D eigenvalue weighted by Crippen LogP contribution is -2.54. The molecule has 1 aliphatic carbocycles. The lowest BCUT2D eigenvalue weighted by atomic mass is 9.76. The van der Waals surface area contributed by atoms with E-state index >= 15 is 0 Å². The van der Waals surface area contributed by atoms with Gasteiger partial charge < -0.3 is 15.1 Å². The van der Waals surface area contributed by atoms with Crippen molar-refractivity contribution in [3.8, 4) is 0 Å². The van der Waals surface area contributed by atoms with Gasteiger partial charge >= 0.3 is 0 Å². The number of benzene rings is 3. The monoisotopic (exact) mass is 787 g/mol. The normalized spacial score (nSPS) is 25.2. The van der Waals surface area contributed by atoms with Crippen molar-refractivity contribution in [3.63, 3.8) is 0 Å². The van der Waals surface area contributed by atoms with Crippen LogP contribution in [0.3, 0.4) is 0 Å². The second-order valence-corrected chi connectivity index (χ2v) is 17.1. The van der Waals surface area contributed by atoms with Crippen LogP contribution in [0.25, 0.3) is 4.85 Å². The van der Waals surface area contributed by atoms with E-state index in [9.17, 15) is 24.0 Å². The molecule has 3 saturated heterocycles. The topological polar surface area (TPSA) is 127 Å². The minimum Gasteiger partial charge on any atom is -0.372 e. The number of amides is 5. The molecule has 4 fully saturated rings. The van der Waals surface area contributed by atoms with Crippen molar-refractivity contribution in [1.29, 1.82) is 0 Å². The van der Waals surface area contributed by atoms with E-state index in [1.165, 1.54) is 0 Å². The molecule has 0 aromatic heterocycles. The van der Waals surface area contributed by atoms with Crippen molar-refractivity contribution in [3.05, 3.63) is 98.9 Å². The molecule has 294 valence electrons. The van der Waals surface area contributed by atoms with E-state index in [2.05, 4.69) is 42.3 Å². The average molecular weight is 788 g/mol. The summed E-state index contributed by atoms with van der Waals surface area (Å²) in [5.41, 5.74) is 6.14. The fourth-order valence-corrected chi connectivity index (χ4v) is 10.5. The summed E-state index contributed by atoms with van der Waals surface area (Å²) in [6, 6.07) is 17.0. The van der Waals surface area contributed by atoms with Crippen molar-refractivity contribution in [2.24, 2.45) is 11.8 Å². The van der Waals surface area contributed by atoms with Crippen LogP contribution in [0.1, 0.15) is 100.0 Å². The summed E-state index contributed by atoms with van der Waals surface area (Å²) < 4.78 is 0. The predicted molar refractivity (Wildman–Crippen MR) is 215 cm³/mol. The van der Waals surface area contributed by atoms with Crippen molar-refractivity contribution in [1.82, 2.24) is 20.4 Å². The largest absolute Gasteiger partial charge is 0.372 e. The van der Waals surface area contributed by atoms with E-state index in [0.717, 1.165) is 98.5 Å². The van der Waals surface area contributed by atoms with E-state index in [1.807, 2.05) is 42.5 Å². The number of rotatable bonds is 7. The van der Waals surface area contributed by atoms with E-state index in [4.69, 9.17) is 18.2 Å². The molecule has 0 radical (unpaired) electrons. The summed E-state index contributed by atoms with van der Waals surface area (Å²) in [4.78, 5) is 75.9. The van der Waals surface area contributed by atoms with Crippen molar-refractivity contribution >= 4 is 58.2 Å². The second-order valence-electron chi connectivity index (χ2n) is 16.7. The third-order valence-electron chi connectivity index (χ3n) is 13.2. The highest BCUT2D eigenvalue weighted by atomic mass is 35.5. The number of carbonyl (C=O) groups is 5. The number of carbonyl (C=O) groups excluding carboxylic acids is 5. The van der Waals surface area contributed by atoms with Crippen LogP contribution in [0.5, 0.6) is 0 Å². The van der Waals surface area contributed by atoms with Crippen LogP contribution in [0.4, 0.5) is 17.1 Å². The standard InChI is InChI=1S/C44H46ClN7O5/c1-46-37-10-9-33(22-36(37)45)51-16-2-3-28-19-31(6-11-38(28)51)47-41(54)27-4-7-32(8-5-27)50-17-14-26(15-18-50)23-49-24-29-20-34-35(21-30(29)25-49)44(57)52(43(34)56)39-12-13-40(53)48-42(39)55/h4-5,7-10,20-22,26,28,31,38-39H,2-3,6,11-19,23-25H2,(H,47,54)(H,48,53,55)/t28-,31+,38+,39?/m0/s1. The smallest absolute Gasteiger partial charge is 0.262 e. The highest BCUT2D eigenvalue weighted by Gasteiger charge is 2.45. The number of piperidine rings is 3. The minimum atomic E-state index is -0.959. The number of nitrogens with zero attached hydrogens (tertiary/aromatic N) is 5. The Bertz CT molecular complexity index is 2150. The van der Waals surface area contributed by atoms with Crippen LogP contribution in [0.15, 0.2) is 54.6 Å². The highest BCUT2D eigenvalue weighted by molar-refractivity contribution is 6.33. The molecule has 6 aliphatic rings. The van der Waals surface area contributed by atoms with E-state index < -0.39 is 23.8 Å². The van der Waals surface area contributed by atoms with Gasteiger partial charge in [0, 0.05) is 79.7 Å². The van der Waals surface area contributed by atoms with Gasteiger partial charge in [-0.25, -0.2) is 4.85 Å². The predicted octanol–water partition coefficient (Wildman–Crippen LogP) is 6.09. The third kappa shape index (κ3) is 7.16. The van der Waals surface area contributed by atoms with Gasteiger partial charge in [-0.3, -0.25) is 39.1 Å². The first kappa shape index (κ1) is 37.3. The third-order valence-corrected chi connectivity index (χ3v) is 13.5. The molecule has 57 heavy (non-hydrogen) atoms. The minimum absolute atomic E-state index is 0.0184. The number of fused-ring (bicyclic) bond motifs is 3. The quantitative estimate of drug-likeness (QED) is 0.218. The lowest BCUT2D eigenvalue weighted by molar-refractivity contribution is -0.136. The van der Waals surface area contributed by atoms with E-state index in [-0.39, 0.29) is 30.7 Å². The summed E-state index contributed by atoms with van der Waals surface area (Å²) in [7, 11) is 0. The van der Waals surface area contributed by atoms with Gasteiger partial charge in [-0.15, -0.1) is 0 Å². The number of hydrogen-bond acceptors (Lipinski definition) is 8. The molecule has 5 amide bonds. The van der Waals surface area contributed by atoms with Gasteiger partial charge in [0.05, 0.1) is 17.7 Å². The van der Waals surface area contributed by atoms with Gasteiger partial charge in [0.15, 0.2) is 0 Å². The average Bonchev–Trinajstić information content (AvgIpc) is 3.72. The SMILES string of the molecule is [C-]#[N+]c1ccc(N2CCC[C@H]3C[C@H](NC(=O)c4ccc(N5CCC(CN6Cc7cc8c(cc7C6)C(=O)N(C6CCC(=O)NC6=O)C8=O)CC5)cc4)CC[C@H]32)cc1Cl. The van der Waals surface area contributed by atoms with E-state index in [0.29, 0.717) is 58.4 Å². The van der Waals surface area contributed by atoms with E-state index in [1.54, 1.807) is 0 Å². The molecule has 3 aromatic rings. The van der Waals surface area contributed by atoms with Crippen molar-refractivity contribution < 1.29 is 24.0 Å². The van der Waals surface area contributed by atoms with Crippen LogP contribution >= 0.6 is 11.6 Å². The van der Waals surface area contributed by atoms with Crippen LogP contribution in [-0.2, 0) is 22.7 Å². The molecule has 0 bridgehead atoms. The number of hydrogen-bond donors (Lipinski definition) is 2. The Morgan fingerprint density at radius 3 is 2.21 bits per heavy atom. The Kier molecular flexibility index (Phi) is 9.99. The summed E-state index contributed by atoms with van der Waals surface area (Å²) in [6.45, 7) is 12.5. The molecule has 5 aliphatic heterocycles. The maximum atomic E-state index is 13.4. The Balaban J connectivity index is 0.741. The molecule has 1 saturated carbocycles. The lowest BCUT2D eigenvalue weighted by Gasteiger charge is -2.47. The molecular weight excluding hydrogens is 742 g/mol. The summed E-state index contributed by atoms with van der Waals surface area (Å²) >= 11 is 6.39. The molecule has 3 aromatic carbocycles. The zero-order valence-electron chi connectivity index (χ0n) is 31.8. The molecule has 5 heterocycles. The first-order valence-electron chi connectivity index (χ1n) is 20.3. The first-order valence-corrected chi connectivity index (χ1v) is 20.7. The summed E-state index contributed by atoms with van der Waals surface area (Å²) in [6.07, 6.45) is 7.49. The zero-order chi connectivity index (χ0) is 39.4. The summed E-state index contributed by atoms with van der Waals surface area (Å²) in [5.74, 6) is -0.904. The number of halogens is 1. The number of anilines is 2. The molecular formula is C44H46ClN7O5. The van der Waals surface area contributed by atoms with Crippen molar-refractivity contribution in [2.45, 2.75) is 89.0 Å². The highest BCUT2D eigenvalue weighted by Crippen LogP contribution is 2.40. The van der Waals surface area contributed by atoms with Gasteiger partial charge in [-0.1, -0.05) is 17.7 Å².